The lowest BCUT2D eigenvalue weighted by atomic mass is 9.97. The molecule has 0 radical (unpaired) electrons. The summed E-state index contributed by atoms with van der Waals surface area (Å²) in [5, 5.41) is 12.1. The number of carbonyl (C=O) groups excluding carboxylic acids is 1. The summed E-state index contributed by atoms with van der Waals surface area (Å²) in [6.07, 6.45) is 6.49. The van der Waals surface area contributed by atoms with E-state index in [1.165, 1.54) is 0 Å². The van der Waals surface area contributed by atoms with Crippen LogP contribution in [-0.2, 0) is 7.05 Å². The van der Waals surface area contributed by atoms with E-state index in [2.05, 4.69) is 10.3 Å². The minimum Gasteiger partial charge on any atom is -0.396 e. The van der Waals surface area contributed by atoms with E-state index in [9.17, 15) is 9.90 Å². The summed E-state index contributed by atoms with van der Waals surface area (Å²) in [7, 11) is 1.80. The largest absolute Gasteiger partial charge is 0.396 e. The van der Waals surface area contributed by atoms with Crippen molar-refractivity contribution in [2.75, 3.05) is 13.2 Å². The summed E-state index contributed by atoms with van der Waals surface area (Å²) in [6, 6.07) is 0. The van der Waals surface area contributed by atoms with Gasteiger partial charge in [-0.25, -0.2) is 4.98 Å². The molecule has 0 aromatic carbocycles. The number of nitrogens with one attached hydrogen (secondary N) is 1. The molecule has 1 saturated carbocycles. The highest BCUT2D eigenvalue weighted by Gasteiger charge is 2.26. The molecule has 1 heterocycles. The molecular formula is C12H19N3O2. The van der Waals surface area contributed by atoms with Crippen LogP contribution in [0.3, 0.4) is 0 Å². The van der Waals surface area contributed by atoms with Crippen molar-refractivity contribution in [1.82, 2.24) is 14.9 Å². The van der Waals surface area contributed by atoms with Gasteiger partial charge in [-0.2, -0.15) is 0 Å². The van der Waals surface area contributed by atoms with E-state index in [1.54, 1.807) is 24.1 Å². The van der Waals surface area contributed by atoms with Gasteiger partial charge < -0.3 is 15.0 Å². The molecule has 1 aliphatic rings. The second-order valence-electron chi connectivity index (χ2n) is 4.73. The fourth-order valence-corrected chi connectivity index (χ4v) is 2.51. The summed E-state index contributed by atoms with van der Waals surface area (Å²) in [5.41, 5.74) is 0.573. The lowest BCUT2D eigenvalue weighted by Crippen LogP contribution is -2.32. The Morgan fingerprint density at radius 1 is 1.59 bits per heavy atom. The predicted molar refractivity (Wildman–Crippen MR) is 63.5 cm³/mol. The summed E-state index contributed by atoms with van der Waals surface area (Å²) >= 11 is 0. The molecule has 2 unspecified atom stereocenters. The monoisotopic (exact) mass is 237 g/mol. The number of nitrogens with zero attached hydrogens (tertiary/aromatic N) is 2. The fourth-order valence-electron chi connectivity index (χ4n) is 2.51. The molecule has 2 atom stereocenters. The highest BCUT2D eigenvalue weighted by molar-refractivity contribution is 5.92. The maximum atomic E-state index is 11.8. The third-order valence-corrected chi connectivity index (χ3v) is 3.63. The lowest BCUT2D eigenvalue weighted by molar-refractivity contribution is 0.0929. The first-order chi connectivity index (χ1) is 8.22. The van der Waals surface area contributed by atoms with Crippen LogP contribution in [0, 0.1) is 11.8 Å². The van der Waals surface area contributed by atoms with E-state index < -0.39 is 0 Å². The first-order valence-electron chi connectivity index (χ1n) is 6.07. The molecule has 17 heavy (non-hydrogen) atoms. The molecule has 0 bridgehead atoms. The second-order valence-corrected chi connectivity index (χ2v) is 4.73. The normalized spacial score (nSPS) is 23.9. The third kappa shape index (κ3) is 2.66. The molecule has 1 aromatic heterocycles. The molecule has 0 saturated heterocycles. The van der Waals surface area contributed by atoms with Crippen molar-refractivity contribution >= 4 is 5.91 Å². The van der Waals surface area contributed by atoms with Crippen molar-refractivity contribution in [3.8, 4) is 0 Å². The van der Waals surface area contributed by atoms with E-state index in [1.807, 2.05) is 0 Å². The summed E-state index contributed by atoms with van der Waals surface area (Å²) < 4.78 is 1.70. The number of aryl methyl sites for hydroxylation is 1. The molecule has 0 aliphatic heterocycles. The van der Waals surface area contributed by atoms with Gasteiger partial charge in [-0.05, 0) is 24.7 Å². The summed E-state index contributed by atoms with van der Waals surface area (Å²) in [5.74, 6) is 0.674. The SMILES string of the molecule is Cn1cncc1C(=O)NCC1CCCC1CO. The molecule has 1 fully saturated rings. The maximum Gasteiger partial charge on any atom is 0.269 e. The van der Waals surface area contributed by atoms with Crippen molar-refractivity contribution in [2.24, 2.45) is 18.9 Å². The van der Waals surface area contributed by atoms with Gasteiger partial charge in [0.1, 0.15) is 5.69 Å². The number of aromatic nitrogens is 2. The van der Waals surface area contributed by atoms with Crippen molar-refractivity contribution in [3.05, 3.63) is 18.2 Å². The van der Waals surface area contributed by atoms with Crippen LogP contribution < -0.4 is 5.32 Å². The number of carbonyl (C=O) groups is 1. The fraction of sp³-hybridized carbons (Fsp3) is 0.667. The van der Waals surface area contributed by atoms with Crippen LogP contribution in [0.4, 0.5) is 0 Å². The van der Waals surface area contributed by atoms with E-state index in [0.717, 1.165) is 19.3 Å². The van der Waals surface area contributed by atoms with Gasteiger partial charge in [-0.3, -0.25) is 4.79 Å². The minimum absolute atomic E-state index is 0.0893. The number of hydrogen-bond acceptors (Lipinski definition) is 3. The Bertz CT molecular complexity index is 389. The average Bonchev–Trinajstić information content (AvgIpc) is 2.94. The number of aliphatic hydroxyl groups excluding tert-OH is 1. The number of hydrogen-bond donors (Lipinski definition) is 2. The molecule has 5 nitrogen and oxygen atoms in total. The zero-order valence-electron chi connectivity index (χ0n) is 10.1. The molecular weight excluding hydrogens is 218 g/mol. The van der Waals surface area contributed by atoms with Crippen LogP contribution in [0.15, 0.2) is 12.5 Å². The van der Waals surface area contributed by atoms with E-state index in [4.69, 9.17) is 0 Å². The number of amides is 1. The maximum absolute atomic E-state index is 11.8. The Labute approximate surface area is 101 Å². The summed E-state index contributed by atoms with van der Waals surface area (Å²) in [4.78, 5) is 15.8. The number of imidazole rings is 1. The highest BCUT2D eigenvalue weighted by Crippen LogP contribution is 2.30. The van der Waals surface area contributed by atoms with Crippen LogP contribution in [0.1, 0.15) is 29.8 Å². The zero-order chi connectivity index (χ0) is 12.3. The van der Waals surface area contributed by atoms with Crippen LogP contribution >= 0.6 is 0 Å². The first-order valence-corrected chi connectivity index (χ1v) is 6.07. The first kappa shape index (κ1) is 12.1. The molecule has 94 valence electrons. The number of aliphatic hydroxyl groups is 1. The van der Waals surface area contributed by atoms with Gasteiger partial charge in [-0.1, -0.05) is 6.42 Å². The van der Waals surface area contributed by atoms with Crippen LogP contribution in [-0.4, -0.2) is 33.7 Å². The molecule has 1 aromatic rings. The van der Waals surface area contributed by atoms with Crippen molar-refractivity contribution in [1.29, 1.82) is 0 Å². The number of rotatable bonds is 4. The van der Waals surface area contributed by atoms with Crippen LogP contribution in [0.5, 0.6) is 0 Å². The van der Waals surface area contributed by atoms with Gasteiger partial charge in [0.2, 0.25) is 0 Å². The van der Waals surface area contributed by atoms with E-state index in [0.29, 0.717) is 24.1 Å². The molecule has 0 spiro atoms. The lowest BCUT2D eigenvalue weighted by Gasteiger charge is -2.17. The molecule has 1 amide bonds. The van der Waals surface area contributed by atoms with Gasteiger partial charge >= 0.3 is 0 Å². The Hall–Kier alpha value is -1.36. The van der Waals surface area contributed by atoms with Crippen LogP contribution in [0.2, 0.25) is 0 Å². The van der Waals surface area contributed by atoms with Crippen LogP contribution in [0.25, 0.3) is 0 Å². The zero-order valence-corrected chi connectivity index (χ0v) is 10.1. The second kappa shape index (κ2) is 5.31. The topological polar surface area (TPSA) is 67.2 Å². The van der Waals surface area contributed by atoms with Crippen molar-refractivity contribution < 1.29 is 9.90 Å². The molecule has 5 heteroatoms. The van der Waals surface area contributed by atoms with Gasteiger partial charge in [-0.15, -0.1) is 0 Å². The van der Waals surface area contributed by atoms with E-state index >= 15 is 0 Å². The smallest absolute Gasteiger partial charge is 0.269 e. The van der Waals surface area contributed by atoms with Crippen molar-refractivity contribution in [2.45, 2.75) is 19.3 Å². The quantitative estimate of drug-likeness (QED) is 0.804. The Morgan fingerprint density at radius 2 is 2.35 bits per heavy atom. The molecule has 2 rings (SSSR count). The third-order valence-electron chi connectivity index (χ3n) is 3.63. The Morgan fingerprint density at radius 3 is 3.00 bits per heavy atom. The predicted octanol–water partition coefficient (Wildman–Crippen LogP) is 0.558. The Balaban J connectivity index is 1.86. The van der Waals surface area contributed by atoms with Gasteiger partial charge in [0, 0.05) is 20.2 Å². The Kier molecular flexibility index (Phi) is 3.78. The highest BCUT2D eigenvalue weighted by atomic mass is 16.3. The molecule has 2 N–H and O–H groups in total. The molecule has 1 aliphatic carbocycles. The standard InChI is InChI=1S/C12H19N3O2/c1-15-8-13-6-11(15)12(17)14-5-9-3-2-4-10(9)7-16/h6,8-10,16H,2-5,7H2,1H3,(H,14,17). The van der Waals surface area contributed by atoms with E-state index in [-0.39, 0.29) is 12.5 Å². The van der Waals surface area contributed by atoms with Gasteiger partial charge in [0.25, 0.3) is 5.91 Å². The van der Waals surface area contributed by atoms with Crippen molar-refractivity contribution in [3.63, 3.8) is 0 Å². The van der Waals surface area contributed by atoms with Gasteiger partial charge in [0.15, 0.2) is 0 Å². The average molecular weight is 237 g/mol. The van der Waals surface area contributed by atoms with Gasteiger partial charge in [0.05, 0.1) is 12.5 Å². The summed E-state index contributed by atoms with van der Waals surface area (Å²) in [6.45, 7) is 0.876. The minimum atomic E-state index is -0.0893.